The number of aromatic nitrogens is 4. The van der Waals surface area contributed by atoms with E-state index in [1.165, 1.54) is 11.8 Å². The van der Waals surface area contributed by atoms with E-state index in [1.807, 2.05) is 49.4 Å². The molecule has 0 unspecified atom stereocenters. The Morgan fingerprint density at radius 1 is 1.24 bits per heavy atom. The average Bonchev–Trinajstić information content (AvgIpc) is 3.07. The predicted molar refractivity (Wildman–Crippen MR) is 99.3 cm³/mol. The number of carbonyl (C=O) groups excluding carboxylic acids is 1. The summed E-state index contributed by atoms with van der Waals surface area (Å²) in [5.74, 6) is 0.490. The third-order valence-electron chi connectivity index (χ3n) is 3.46. The second kappa shape index (κ2) is 8.13. The van der Waals surface area contributed by atoms with Gasteiger partial charge in [0.25, 0.3) is 0 Å². The highest BCUT2D eigenvalue weighted by atomic mass is 35.5. The fraction of sp³-hybridized carbons (Fsp3) is 0.176. The summed E-state index contributed by atoms with van der Waals surface area (Å²) in [6, 6.07) is 15.1. The van der Waals surface area contributed by atoms with Crippen molar-refractivity contribution in [2.45, 2.75) is 18.5 Å². The van der Waals surface area contributed by atoms with Crippen LogP contribution in [0.25, 0.3) is 5.69 Å². The Hall–Kier alpha value is -2.38. The Morgan fingerprint density at radius 3 is 2.80 bits per heavy atom. The average molecular weight is 374 g/mol. The molecule has 3 rings (SSSR count). The van der Waals surface area contributed by atoms with Gasteiger partial charge < -0.3 is 5.32 Å². The first-order valence-corrected chi connectivity index (χ1v) is 9.02. The van der Waals surface area contributed by atoms with Gasteiger partial charge >= 0.3 is 0 Å². The summed E-state index contributed by atoms with van der Waals surface area (Å²) >= 11 is 7.50. The van der Waals surface area contributed by atoms with Crippen LogP contribution in [0.4, 0.5) is 5.69 Å². The number of aryl methyl sites for hydroxylation is 1. The summed E-state index contributed by atoms with van der Waals surface area (Å²) in [6.45, 7) is 1.92. The summed E-state index contributed by atoms with van der Waals surface area (Å²) in [5, 5.41) is 15.8. The van der Waals surface area contributed by atoms with Crippen molar-refractivity contribution in [1.29, 1.82) is 0 Å². The molecule has 0 atom stereocenters. The summed E-state index contributed by atoms with van der Waals surface area (Å²) in [6.07, 6.45) is 0.345. The molecule has 0 spiro atoms. The van der Waals surface area contributed by atoms with Gasteiger partial charge in [0, 0.05) is 22.9 Å². The number of carbonyl (C=O) groups is 1. The van der Waals surface area contributed by atoms with Crippen LogP contribution in [0.3, 0.4) is 0 Å². The minimum Gasteiger partial charge on any atom is -0.326 e. The number of anilines is 1. The predicted octanol–water partition coefficient (Wildman–Crippen LogP) is 3.75. The standard InChI is InChI=1S/C17H16ClN5OS/c1-12-7-8-13(11-15(12)18)19-16(24)9-10-25-17-20-21-22-23(17)14-5-3-2-4-6-14/h2-8,11H,9-10H2,1H3,(H,19,24). The van der Waals surface area contributed by atoms with Crippen LogP contribution in [0.5, 0.6) is 0 Å². The molecule has 2 aromatic carbocycles. The van der Waals surface area contributed by atoms with Crippen molar-refractivity contribution in [2.75, 3.05) is 11.1 Å². The molecule has 25 heavy (non-hydrogen) atoms. The number of para-hydroxylation sites is 1. The quantitative estimate of drug-likeness (QED) is 0.666. The lowest BCUT2D eigenvalue weighted by molar-refractivity contribution is -0.115. The summed E-state index contributed by atoms with van der Waals surface area (Å²) in [7, 11) is 0. The topological polar surface area (TPSA) is 72.7 Å². The number of hydrogen-bond donors (Lipinski definition) is 1. The van der Waals surface area contributed by atoms with Gasteiger partial charge in [-0.15, -0.1) is 5.10 Å². The summed E-state index contributed by atoms with van der Waals surface area (Å²) in [4.78, 5) is 12.1. The van der Waals surface area contributed by atoms with Gasteiger partial charge in [0.2, 0.25) is 11.1 Å². The summed E-state index contributed by atoms with van der Waals surface area (Å²) in [5.41, 5.74) is 2.55. The molecule has 0 aliphatic carbocycles. The molecule has 1 amide bonds. The fourth-order valence-corrected chi connectivity index (χ4v) is 3.14. The number of nitrogens with one attached hydrogen (secondary N) is 1. The zero-order valence-corrected chi connectivity index (χ0v) is 15.1. The largest absolute Gasteiger partial charge is 0.326 e. The highest BCUT2D eigenvalue weighted by Gasteiger charge is 2.10. The Bertz CT molecular complexity index is 868. The van der Waals surface area contributed by atoms with Gasteiger partial charge in [-0.1, -0.05) is 47.6 Å². The first-order chi connectivity index (χ1) is 12.1. The molecule has 3 aromatic rings. The van der Waals surface area contributed by atoms with Crippen molar-refractivity contribution in [3.63, 3.8) is 0 Å². The molecule has 6 nitrogen and oxygen atoms in total. The molecule has 8 heteroatoms. The zero-order valence-electron chi connectivity index (χ0n) is 13.5. The second-order valence-electron chi connectivity index (χ2n) is 5.32. The van der Waals surface area contributed by atoms with Gasteiger partial charge in [0.15, 0.2) is 0 Å². The van der Waals surface area contributed by atoms with Crippen LogP contribution in [0.1, 0.15) is 12.0 Å². The molecule has 0 fully saturated rings. The third-order valence-corrected chi connectivity index (χ3v) is 4.79. The minimum absolute atomic E-state index is 0.0776. The van der Waals surface area contributed by atoms with Crippen LogP contribution in [0, 0.1) is 6.92 Å². The molecule has 1 heterocycles. The molecular weight excluding hydrogens is 358 g/mol. The smallest absolute Gasteiger partial charge is 0.225 e. The molecule has 128 valence electrons. The van der Waals surface area contributed by atoms with Crippen LogP contribution >= 0.6 is 23.4 Å². The van der Waals surface area contributed by atoms with E-state index in [2.05, 4.69) is 20.8 Å². The van der Waals surface area contributed by atoms with Gasteiger partial charge in [-0.3, -0.25) is 4.79 Å². The maximum absolute atomic E-state index is 12.1. The van der Waals surface area contributed by atoms with Crippen molar-refractivity contribution in [2.24, 2.45) is 0 Å². The van der Waals surface area contributed by atoms with E-state index in [0.717, 1.165) is 11.3 Å². The number of thioether (sulfide) groups is 1. The lowest BCUT2D eigenvalue weighted by atomic mass is 10.2. The number of benzene rings is 2. The van der Waals surface area contributed by atoms with E-state index in [4.69, 9.17) is 11.6 Å². The molecule has 1 aromatic heterocycles. The van der Waals surface area contributed by atoms with E-state index in [9.17, 15) is 4.79 Å². The Kier molecular flexibility index (Phi) is 5.67. The van der Waals surface area contributed by atoms with Crippen LogP contribution < -0.4 is 5.32 Å². The molecule has 0 saturated heterocycles. The van der Waals surface area contributed by atoms with Gasteiger partial charge in [-0.25, -0.2) is 0 Å². The lowest BCUT2D eigenvalue weighted by Gasteiger charge is -2.07. The van der Waals surface area contributed by atoms with Crippen molar-refractivity contribution in [1.82, 2.24) is 20.2 Å². The maximum Gasteiger partial charge on any atom is 0.225 e. The number of nitrogens with zero attached hydrogens (tertiary/aromatic N) is 4. The molecular formula is C17H16ClN5OS. The van der Waals surface area contributed by atoms with Crippen molar-refractivity contribution < 1.29 is 4.79 Å². The van der Waals surface area contributed by atoms with Gasteiger partial charge in [-0.2, -0.15) is 4.68 Å². The number of amides is 1. The Balaban J connectivity index is 1.54. The third kappa shape index (κ3) is 4.58. The highest BCUT2D eigenvalue weighted by Crippen LogP contribution is 2.21. The van der Waals surface area contributed by atoms with E-state index in [-0.39, 0.29) is 5.91 Å². The second-order valence-corrected chi connectivity index (χ2v) is 6.79. The first-order valence-electron chi connectivity index (χ1n) is 7.66. The van der Waals surface area contributed by atoms with E-state index in [1.54, 1.807) is 10.7 Å². The lowest BCUT2D eigenvalue weighted by Crippen LogP contribution is -2.12. The molecule has 0 radical (unpaired) electrons. The normalized spacial score (nSPS) is 10.6. The van der Waals surface area contributed by atoms with Crippen LogP contribution in [0.2, 0.25) is 5.02 Å². The van der Waals surface area contributed by atoms with E-state index < -0.39 is 0 Å². The van der Waals surface area contributed by atoms with Crippen LogP contribution in [0.15, 0.2) is 53.7 Å². The molecule has 0 aliphatic heterocycles. The van der Waals surface area contributed by atoms with Crippen LogP contribution in [-0.2, 0) is 4.79 Å². The number of tetrazole rings is 1. The molecule has 0 saturated carbocycles. The first kappa shape index (κ1) is 17.4. The number of hydrogen-bond acceptors (Lipinski definition) is 5. The molecule has 0 bridgehead atoms. The van der Waals surface area contributed by atoms with Gasteiger partial charge in [0.05, 0.1) is 5.69 Å². The number of rotatable bonds is 6. The van der Waals surface area contributed by atoms with E-state index >= 15 is 0 Å². The van der Waals surface area contributed by atoms with Crippen molar-refractivity contribution in [3.8, 4) is 5.69 Å². The summed E-state index contributed by atoms with van der Waals surface area (Å²) < 4.78 is 1.66. The Labute approximate surface area is 154 Å². The van der Waals surface area contributed by atoms with Crippen molar-refractivity contribution in [3.05, 3.63) is 59.1 Å². The molecule has 1 N–H and O–H groups in total. The monoisotopic (exact) mass is 373 g/mol. The maximum atomic E-state index is 12.1. The zero-order chi connectivity index (χ0) is 17.6. The highest BCUT2D eigenvalue weighted by molar-refractivity contribution is 7.99. The SMILES string of the molecule is Cc1ccc(NC(=O)CCSc2nnnn2-c2ccccc2)cc1Cl. The van der Waals surface area contributed by atoms with Gasteiger partial charge in [0.1, 0.15) is 0 Å². The van der Waals surface area contributed by atoms with Crippen LogP contribution in [-0.4, -0.2) is 31.9 Å². The van der Waals surface area contributed by atoms with E-state index in [0.29, 0.717) is 28.0 Å². The fourth-order valence-electron chi connectivity index (χ4n) is 2.13. The van der Waals surface area contributed by atoms with Gasteiger partial charge in [-0.05, 0) is 47.2 Å². The number of halogens is 1. The minimum atomic E-state index is -0.0776. The van der Waals surface area contributed by atoms with Crippen molar-refractivity contribution >= 4 is 35.0 Å². The molecule has 0 aliphatic rings. The Morgan fingerprint density at radius 2 is 2.04 bits per heavy atom.